The van der Waals surface area contributed by atoms with Gasteiger partial charge in [-0.15, -0.1) is 0 Å². The summed E-state index contributed by atoms with van der Waals surface area (Å²) in [5, 5.41) is 11.7. The number of carboxylic acids is 1. The van der Waals surface area contributed by atoms with Crippen molar-refractivity contribution in [3.8, 4) is 0 Å². The highest BCUT2D eigenvalue weighted by Crippen LogP contribution is 2.19. The molecule has 142 valence electrons. The number of amides is 2. The molecule has 10 heteroatoms. The van der Waals surface area contributed by atoms with Gasteiger partial charge in [-0.05, 0) is 44.0 Å². The average molecular weight is 383 g/mol. The summed E-state index contributed by atoms with van der Waals surface area (Å²) < 4.78 is 27.1. The number of hydrogen-bond acceptors (Lipinski definition) is 5. The molecule has 2 rings (SSSR count). The Bertz CT molecular complexity index is 806. The predicted molar refractivity (Wildman–Crippen MR) is 92.9 cm³/mol. The molecule has 2 amide bonds. The molecule has 0 aromatic heterocycles. The van der Waals surface area contributed by atoms with Crippen LogP contribution in [0.3, 0.4) is 0 Å². The van der Waals surface area contributed by atoms with Gasteiger partial charge >= 0.3 is 5.97 Å². The summed E-state index contributed by atoms with van der Waals surface area (Å²) in [6.07, 6.45) is 0.915. The summed E-state index contributed by atoms with van der Waals surface area (Å²) in [5.74, 6) is -1.95. The van der Waals surface area contributed by atoms with E-state index >= 15 is 0 Å². The van der Waals surface area contributed by atoms with Crippen LogP contribution in [0.2, 0.25) is 0 Å². The normalized spacial score (nSPS) is 18.4. The van der Waals surface area contributed by atoms with E-state index < -0.39 is 34.0 Å². The quantitative estimate of drug-likeness (QED) is 0.651. The first-order valence-corrected chi connectivity index (χ1v) is 9.53. The van der Waals surface area contributed by atoms with Crippen LogP contribution in [0, 0.1) is 0 Å². The van der Waals surface area contributed by atoms with E-state index in [-0.39, 0.29) is 17.3 Å². The fourth-order valence-corrected chi connectivity index (χ4v) is 4.00. The van der Waals surface area contributed by atoms with Gasteiger partial charge in [0.25, 0.3) is 0 Å². The van der Waals surface area contributed by atoms with E-state index in [9.17, 15) is 22.8 Å². The molecule has 0 saturated carbocycles. The number of benzene rings is 1. The second-order valence-electron chi connectivity index (χ2n) is 6.08. The van der Waals surface area contributed by atoms with Gasteiger partial charge in [-0.25, -0.2) is 13.2 Å². The van der Waals surface area contributed by atoms with Crippen molar-refractivity contribution in [3.63, 3.8) is 0 Å². The number of carboxylic acid groups (broad SMARTS) is 1. The molecule has 1 aliphatic rings. The highest BCUT2D eigenvalue weighted by molar-refractivity contribution is 7.89. The Balaban J connectivity index is 2.09. The average Bonchev–Trinajstić information content (AvgIpc) is 3.03. The smallest absolute Gasteiger partial charge is 0.326 e. The molecule has 1 aromatic carbocycles. The third kappa shape index (κ3) is 4.58. The minimum atomic E-state index is -3.97. The fourth-order valence-electron chi connectivity index (χ4n) is 2.81. The zero-order valence-electron chi connectivity index (χ0n) is 14.4. The minimum absolute atomic E-state index is 0.0672. The number of nitrogens with one attached hydrogen (secondary N) is 2. The fraction of sp³-hybridized carbons (Fsp3) is 0.438. The van der Waals surface area contributed by atoms with Crippen LogP contribution in [0.1, 0.15) is 26.7 Å². The van der Waals surface area contributed by atoms with Gasteiger partial charge in [-0.1, -0.05) is 0 Å². The first-order chi connectivity index (χ1) is 12.1. The Kier molecular flexibility index (Phi) is 5.98. The summed E-state index contributed by atoms with van der Waals surface area (Å²) in [7, 11) is -3.97. The highest BCUT2D eigenvalue weighted by Gasteiger charge is 2.36. The number of hydrogen-bond donors (Lipinski definition) is 3. The largest absolute Gasteiger partial charge is 0.480 e. The molecule has 0 spiro atoms. The van der Waals surface area contributed by atoms with E-state index in [1.165, 1.54) is 43.0 Å². The van der Waals surface area contributed by atoms with Gasteiger partial charge in [-0.2, -0.15) is 4.72 Å². The van der Waals surface area contributed by atoms with Crippen molar-refractivity contribution in [2.45, 2.75) is 43.7 Å². The molecule has 9 nitrogen and oxygen atoms in total. The summed E-state index contributed by atoms with van der Waals surface area (Å²) in [5.41, 5.74) is 0.446. The van der Waals surface area contributed by atoms with Crippen molar-refractivity contribution in [2.24, 2.45) is 0 Å². The monoisotopic (exact) mass is 383 g/mol. The number of aliphatic carboxylic acids is 1. The zero-order chi connectivity index (χ0) is 19.5. The molecular weight excluding hydrogens is 362 g/mol. The Morgan fingerprint density at radius 1 is 1.23 bits per heavy atom. The first-order valence-electron chi connectivity index (χ1n) is 8.05. The maximum absolute atomic E-state index is 12.4. The second kappa shape index (κ2) is 7.83. The lowest BCUT2D eigenvalue weighted by Crippen LogP contribution is -2.50. The van der Waals surface area contributed by atoms with Crippen LogP contribution in [0.25, 0.3) is 0 Å². The van der Waals surface area contributed by atoms with E-state index in [0.717, 1.165) is 0 Å². The Labute approximate surface area is 151 Å². The summed E-state index contributed by atoms with van der Waals surface area (Å²) >= 11 is 0. The SMILES string of the molecule is CC(=O)Nc1ccc(S(=O)(=O)NC(C)C(=O)N2CCCC2C(=O)O)cc1. The van der Waals surface area contributed by atoms with Gasteiger partial charge in [0.1, 0.15) is 6.04 Å². The van der Waals surface area contributed by atoms with Gasteiger partial charge in [0.15, 0.2) is 0 Å². The number of likely N-dealkylation sites (tertiary alicyclic amines) is 1. The molecule has 2 atom stereocenters. The number of carbonyl (C=O) groups excluding carboxylic acids is 2. The van der Waals surface area contributed by atoms with Crippen LogP contribution in [-0.4, -0.2) is 54.8 Å². The summed E-state index contributed by atoms with van der Waals surface area (Å²) in [4.78, 5) is 35.7. The zero-order valence-corrected chi connectivity index (χ0v) is 15.2. The highest BCUT2D eigenvalue weighted by atomic mass is 32.2. The van der Waals surface area contributed by atoms with E-state index in [1.54, 1.807) is 0 Å². The third-order valence-electron chi connectivity index (χ3n) is 4.01. The molecular formula is C16H21N3O6S. The van der Waals surface area contributed by atoms with Gasteiger partial charge in [-0.3, -0.25) is 9.59 Å². The van der Waals surface area contributed by atoms with Crippen molar-refractivity contribution >= 4 is 33.5 Å². The van der Waals surface area contributed by atoms with Crippen molar-refractivity contribution in [2.75, 3.05) is 11.9 Å². The Hall–Kier alpha value is -2.46. The van der Waals surface area contributed by atoms with E-state index in [2.05, 4.69) is 10.0 Å². The second-order valence-corrected chi connectivity index (χ2v) is 7.79. The molecule has 3 N–H and O–H groups in total. The van der Waals surface area contributed by atoms with Crippen LogP contribution in [0.5, 0.6) is 0 Å². The van der Waals surface area contributed by atoms with Crippen molar-refractivity contribution < 1.29 is 27.9 Å². The molecule has 0 radical (unpaired) electrons. The van der Waals surface area contributed by atoms with Gasteiger partial charge in [0.05, 0.1) is 10.9 Å². The standard InChI is InChI=1S/C16H21N3O6S/c1-10(15(21)19-9-3-4-14(19)16(22)23)18-26(24,25)13-7-5-12(6-8-13)17-11(2)20/h5-8,10,14,18H,3-4,9H2,1-2H3,(H,17,20)(H,22,23). The Morgan fingerprint density at radius 3 is 2.38 bits per heavy atom. The minimum Gasteiger partial charge on any atom is -0.480 e. The van der Waals surface area contributed by atoms with Crippen LogP contribution < -0.4 is 10.0 Å². The van der Waals surface area contributed by atoms with Gasteiger partial charge in [0, 0.05) is 19.2 Å². The number of nitrogens with zero attached hydrogens (tertiary/aromatic N) is 1. The van der Waals surface area contributed by atoms with Gasteiger partial charge in [0.2, 0.25) is 21.8 Å². The van der Waals surface area contributed by atoms with Gasteiger partial charge < -0.3 is 15.3 Å². The summed E-state index contributed by atoms with van der Waals surface area (Å²) in [6.45, 7) is 3.00. The van der Waals surface area contributed by atoms with Crippen LogP contribution in [0.15, 0.2) is 29.2 Å². The van der Waals surface area contributed by atoms with Crippen molar-refractivity contribution in [3.05, 3.63) is 24.3 Å². The van der Waals surface area contributed by atoms with E-state index in [0.29, 0.717) is 18.5 Å². The number of rotatable bonds is 6. The lowest BCUT2D eigenvalue weighted by Gasteiger charge is -2.25. The van der Waals surface area contributed by atoms with Crippen molar-refractivity contribution in [1.29, 1.82) is 0 Å². The Morgan fingerprint density at radius 2 is 1.85 bits per heavy atom. The molecule has 1 heterocycles. The number of sulfonamides is 1. The maximum Gasteiger partial charge on any atom is 0.326 e. The van der Waals surface area contributed by atoms with Crippen LogP contribution in [0.4, 0.5) is 5.69 Å². The molecule has 1 aliphatic heterocycles. The van der Waals surface area contributed by atoms with Crippen molar-refractivity contribution in [1.82, 2.24) is 9.62 Å². The molecule has 2 unspecified atom stereocenters. The lowest BCUT2D eigenvalue weighted by atomic mass is 10.2. The van der Waals surface area contributed by atoms with E-state index in [1.807, 2.05) is 0 Å². The maximum atomic E-state index is 12.4. The molecule has 1 aromatic rings. The number of carbonyl (C=O) groups is 3. The third-order valence-corrected chi connectivity index (χ3v) is 5.56. The molecule has 1 fully saturated rings. The summed E-state index contributed by atoms with van der Waals surface area (Å²) in [6, 6.07) is 3.45. The molecule has 0 bridgehead atoms. The first kappa shape index (κ1) is 19.9. The topological polar surface area (TPSA) is 133 Å². The van der Waals surface area contributed by atoms with Crippen LogP contribution >= 0.6 is 0 Å². The van der Waals surface area contributed by atoms with Crippen LogP contribution in [-0.2, 0) is 24.4 Å². The molecule has 26 heavy (non-hydrogen) atoms. The van der Waals surface area contributed by atoms with E-state index in [4.69, 9.17) is 5.11 Å². The number of anilines is 1. The lowest BCUT2D eigenvalue weighted by molar-refractivity contribution is -0.148. The predicted octanol–water partition coefficient (Wildman–Crippen LogP) is 0.387. The molecule has 0 aliphatic carbocycles. The molecule has 1 saturated heterocycles.